The standard InChI is InChI=1S/C22H23ClN6/c1-15-11-17(13-18(23)12-15)19-5-6-20-22(27-19)29(10-4-9-28(20)3)16(2)26-21-14-24-7-8-25-21/h5-8,11-14H,2,4,9-10H2,1,3H3,(H,25,26). The number of rotatable bonds is 4. The van der Waals surface area contributed by atoms with Gasteiger partial charge in [-0.3, -0.25) is 4.98 Å². The summed E-state index contributed by atoms with van der Waals surface area (Å²) in [6.45, 7) is 8.01. The topological polar surface area (TPSA) is 57.2 Å². The number of hydrogen-bond donors (Lipinski definition) is 1. The van der Waals surface area contributed by atoms with Gasteiger partial charge in [0.15, 0.2) is 5.82 Å². The molecule has 29 heavy (non-hydrogen) atoms. The zero-order valence-corrected chi connectivity index (χ0v) is 17.3. The first-order valence-electron chi connectivity index (χ1n) is 9.50. The van der Waals surface area contributed by atoms with Gasteiger partial charge in [0.25, 0.3) is 0 Å². The van der Waals surface area contributed by atoms with Gasteiger partial charge in [0.05, 0.1) is 17.6 Å². The second-order valence-electron chi connectivity index (χ2n) is 7.15. The molecule has 0 radical (unpaired) electrons. The van der Waals surface area contributed by atoms with Crippen molar-refractivity contribution < 1.29 is 0 Å². The van der Waals surface area contributed by atoms with Crippen molar-refractivity contribution in [2.24, 2.45) is 0 Å². The van der Waals surface area contributed by atoms with Crippen LogP contribution in [0.5, 0.6) is 0 Å². The van der Waals surface area contributed by atoms with Crippen LogP contribution in [0.3, 0.4) is 0 Å². The van der Waals surface area contributed by atoms with E-state index in [2.05, 4.69) is 50.8 Å². The highest BCUT2D eigenvalue weighted by Crippen LogP contribution is 2.35. The number of halogens is 1. The van der Waals surface area contributed by atoms with Crippen molar-refractivity contribution in [3.63, 3.8) is 0 Å². The molecule has 0 spiro atoms. The molecule has 0 atom stereocenters. The highest BCUT2D eigenvalue weighted by atomic mass is 35.5. The fourth-order valence-electron chi connectivity index (χ4n) is 3.52. The van der Waals surface area contributed by atoms with E-state index >= 15 is 0 Å². The maximum Gasteiger partial charge on any atom is 0.158 e. The maximum absolute atomic E-state index is 6.28. The Morgan fingerprint density at radius 2 is 2.03 bits per heavy atom. The highest BCUT2D eigenvalue weighted by Gasteiger charge is 2.23. The fraction of sp³-hybridized carbons (Fsp3) is 0.227. The molecule has 148 valence electrons. The van der Waals surface area contributed by atoms with Gasteiger partial charge in [0.2, 0.25) is 0 Å². The molecular formula is C22H23ClN6. The van der Waals surface area contributed by atoms with Crippen LogP contribution in [-0.2, 0) is 0 Å². The average Bonchev–Trinajstić information content (AvgIpc) is 2.86. The molecule has 7 heteroatoms. The van der Waals surface area contributed by atoms with Crippen LogP contribution in [0.1, 0.15) is 12.0 Å². The molecule has 0 saturated heterocycles. The number of nitrogens with one attached hydrogen (secondary N) is 1. The summed E-state index contributed by atoms with van der Waals surface area (Å²) < 4.78 is 0. The Bertz CT molecular complexity index is 1020. The maximum atomic E-state index is 6.28. The van der Waals surface area contributed by atoms with Gasteiger partial charge in [-0.15, -0.1) is 0 Å². The molecule has 0 aliphatic carbocycles. The first-order chi connectivity index (χ1) is 14.0. The van der Waals surface area contributed by atoms with E-state index in [1.54, 1.807) is 18.6 Å². The normalized spacial score (nSPS) is 13.6. The van der Waals surface area contributed by atoms with E-state index in [1.807, 2.05) is 25.1 Å². The number of nitrogens with zero attached hydrogens (tertiary/aromatic N) is 5. The van der Waals surface area contributed by atoms with E-state index in [0.29, 0.717) is 16.7 Å². The molecule has 1 aliphatic heterocycles. The fourth-order valence-corrected chi connectivity index (χ4v) is 3.81. The Labute approximate surface area is 175 Å². The number of anilines is 3. The van der Waals surface area contributed by atoms with Crippen LogP contribution < -0.4 is 15.1 Å². The Kier molecular flexibility index (Phi) is 5.36. The summed E-state index contributed by atoms with van der Waals surface area (Å²) in [5.41, 5.74) is 4.04. The molecule has 0 unspecified atom stereocenters. The number of pyridine rings is 1. The molecule has 1 aliphatic rings. The van der Waals surface area contributed by atoms with E-state index in [0.717, 1.165) is 47.8 Å². The van der Waals surface area contributed by atoms with Crippen LogP contribution in [0.25, 0.3) is 11.3 Å². The van der Waals surface area contributed by atoms with Crippen LogP contribution >= 0.6 is 11.6 Å². The third-order valence-electron chi connectivity index (χ3n) is 4.90. The monoisotopic (exact) mass is 406 g/mol. The van der Waals surface area contributed by atoms with Crippen molar-refractivity contribution in [1.82, 2.24) is 15.0 Å². The van der Waals surface area contributed by atoms with Gasteiger partial charge >= 0.3 is 0 Å². The third kappa shape index (κ3) is 4.17. The second-order valence-corrected chi connectivity index (χ2v) is 7.58. The summed E-state index contributed by atoms with van der Waals surface area (Å²) in [5, 5.41) is 3.96. The van der Waals surface area contributed by atoms with Crippen LogP contribution in [0.15, 0.2) is 61.3 Å². The van der Waals surface area contributed by atoms with Crippen molar-refractivity contribution >= 4 is 28.9 Å². The first-order valence-corrected chi connectivity index (χ1v) is 9.88. The third-order valence-corrected chi connectivity index (χ3v) is 5.11. The van der Waals surface area contributed by atoms with E-state index in [9.17, 15) is 0 Å². The van der Waals surface area contributed by atoms with Crippen LogP contribution in [0.2, 0.25) is 5.02 Å². The molecule has 2 aromatic heterocycles. The molecule has 4 rings (SSSR count). The summed E-state index contributed by atoms with van der Waals surface area (Å²) >= 11 is 6.28. The summed E-state index contributed by atoms with van der Waals surface area (Å²) in [4.78, 5) is 17.7. The van der Waals surface area contributed by atoms with Crippen molar-refractivity contribution in [1.29, 1.82) is 0 Å². The summed E-state index contributed by atoms with van der Waals surface area (Å²) in [6.07, 6.45) is 5.96. The number of aromatic nitrogens is 3. The quantitative estimate of drug-likeness (QED) is 0.675. The number of aryl methyl sites for hydroxylation is 1. The van der Waals surface area contributed by atoms with E-state index in [1.165, 1.54) is 0 Å². The minimum atomic E-state index is 0.651. The number of benzene rings is 1. The second kappa shape index (κ2) is 8.09. The largest absolute Gasteiger partial charge is 0.372 e. The summed E-state index contributed by atoms with van der Waals surface area (Å²) in [5.74, 6) is 2.23. The van der Waals surface area contributed by atoms with Gasteiger partial charge in [-0.05, 0) is 49.2 Å². The average molecular weight is 407 g/mol. The van der Waals surface area contributed by atoms with E-state index in [4.69, 9.17) is 16.6 Å². The molecule has 6 nitrogen and oxygen atoms in total. The van der Waals surface area contributed by atoms with Gasteiger partial charge in [-0.2, -0.15) is 0 Å². The van der Waals surface area contributed by atoms with E-state index in [-0.39, 0.29) is 0 Å². The van der Waals surface area contributed by atoms with Gasteiger partial charge in [0, 0.05) is 43.1 Å². The van der Waals surface area contributed by atoms with E-state index < -0.39 is 0 Å². The van der Waals surface area contributed by atoms with Crippen LogP contribution in [0.4, 0.5) is 17.3 Å². The molecule has 0 fully saturated rings. The van der Waals surface area contributed by atoms with Crippen molar-refractivity contribution in [2.75, 3.05) is 35.3 Å². The minimum Gasteiger partial charge on any atom is -0.372 e. The molecule has 3 aromatic rings. The van der Waals surface area contributed by atoms with Crippen molar-refractivity contribution in [3.05, 3.63) is 71.9 Å². The van der Waals surface area contributed by atoms with Crippen molar-refractivity contribution in [3.8, 4) is 11.3 Å². The molecule has 0 amide bonds. The Morgan fingerprint density at radius 1 is 1.17 bits per heavy atom. The predicted octanol–water partition coefficient (Wildman–Crippen LogP) is 4.73. The zero-order valence-electron chi connectivity index (χ0n) is 16.6. The van der Waals surface area contributed by atoms with Gasteiger partial charge in [-0.1, -0.05) is 18.2 Å². The number of fused-ring (bicyclic) bond motifs is 1. The lowest BCUT2D eigenvalue weighted by Crippen LogP contribution is -2.28. The summed E-state index contributed by atoms with van der Waals surface area (Å²) in [6, 6.07) is 10.1. The lowest BCUT2D eigenvalue weighted by molar-refractivity contribution is 0.789. The number of hydrogen-bond acceptors (Lipinski definition) is 6. The molecule has 1 aromatic carbocycles. The van der Waals surface area contributed by atoms with Crippen LogP contribution in [-0.4, -0.2) is 35.1 Å². The Balaban J connectivity index is 1.74. The smallest absolute Gasteiger partial charge is 0.158 e. The lowest BCUT2D eigenvalue weighted by atomic mass is 10.1. The molecular weight excluding hydrogens is 384 g/mol. The van der Waals surface area contributed by atoms with Crippen molar-refractivity contribution in [2.45, 2.75) is 13.3 Å². The molecule has 1 N–H and O–H groups in total. The molecule has 3 heterocycles. The minimum absolute atomic E-state index is 0.651. The summed E-state index contributed by atoms with van der Waals surface area (Å²) in [7, 11) is 2.09. The Hall–Kier alpha value is -3.12. The molecule has 0 bridgehead atoms. The predicted molar refractivity (Wildman–Crippen MR) is 119 cm³/mol. The highest BCUT2D eigenvalue weighted by molar-refractivity contribution is 6.30. The van der Waals surface area contributed by atoms with Gasteiger partial charge < -0.3 is 15.1 Å². The zero-order chi connectivity index (χ0) is 20.4. The SMILES string of the molecule is C=C(Nc1cnccn1)N1CCCN(C)c2ccc(-c3cc(C)cc(Cl)c3)nc21. The van der Waals surface area contributed by atoms with Gasteiger partial charge in [-0.25, -0.2) is 9.97 Å². The first kappa shape index (κ1) is 19.2. The van der Waals surface area contributed by atoms with Gasteiger partial charge in [0.1, 0.15) is 11.6 Å². The lowest BCUT2D eigenvalue weighted by Gasteiger charge is -2.27. The molecule has 0 saturated carbocycles. The Morgan fingerprint density at radius 3 is 2.79 bits per heavy atom. The van der Waals surface area contributed by atoms with Crippen LogP contribution in [0, 0.1) is 6.92 Å².